The van der Waals surface area contributed by atoms with Crippen LogP contribution in [0.25, 0.3) is 0 Å². The van der Waals surface area contributed by atoms with Gasteiger partial charge < -0.3 is 19.9 Å². The zero-order chi connectivity index (χ0) is 22.6. The average Bonchev–Trinajstić information content (AvgIpc) is 3.14. The van der Waals surface area contributed by atoms with Crippen molar-refractivity contribution in [3.8, 4) is 0 Å². The Morgan fingerprint density at radius 1 is 1.13 bits per heavy atom. The van der Waals surface area contributed by atoms with Gasteiger partial charge in [-0.05, 0) is 44.0 Å². The van der Waals surface area contributed by atoms with Crippen molar-refractivity contribution in [1.82, 2.24) is 15.1 Å². The van der Waals surface area contributed by atoms with Crippen LogP contribution in [0.4, 0.5) is 18.0 Å². The summed E-state index contributed by atoms with van der Waals surface area (Å²) < 4.78 is 43.1. The first-order valence-corrected chi connectivity index (χ1v) is 11.0. The molecule has 170 valence electrons. The molecule has 2 aliphatic rings. The summed E-state index contributed by atoms with van der Waals surface area (Å²) in [6, 6.07) is 3.88. The van der Waals surface area contributed by atoms with E-state index in [1.54, 1.807) is 28.5 Å². The number of halogens is 3. The minimum atomic E-state index is -4.45. The number of amides is 3. The first-order chi connectivity index (χ1) is 14.7. The summed E-state index contributed by atoms with van der Waals surface area (Å²) in [5, 5.41) is 2.53. The lowest BCUT2D eigenvalue weighted by Crippen LogP contribution is -2.55. The van der Waals surface area contributed by atoms with Gasteiger partial charge in [-0.3, -0.25) is 9.59 Å². The van der Waals surface area contributed by atoms with Gasteiger partial charge in [0.2, 0.25) is 0 Å². The number of hydrogen-bond acceptors (Lipinski definition) is 5. The fourth-order valence-electron chi connectivity index (χ4n) is 3.80. The van der Waals surface area contributed by atoms with Crippen molar-refractivity contribution >= 4 is 29.7 Å². The minimum absolute atomic E-state index is 0.207. The highest BCUT2D eigenvalue weighted by Crippen LogP contribution is 2.44. The van der Waals surface area contributed by atoms with E-state index in [0.717, 1.165) is 17.9 Å². The van der Waals surface area contributed by atoms with E-state index in [9.17, 15) is 27.6 Å². The Morgan fingerprint density at radius 2 is 1.77 bits per heavy atom. The largest absolute Gasteiger partial charge is 0.465 e. The van der Waals surface area contributed by atoms with Crippen molar-refractivity contribution in [1.29, 1.82) is 0 Å². The van der Waals surface area contributed by atoms with Crippen LogP contribution in [-0.4, -0.2) is 71.1 Å². The Balaban J connectivity index is 1.61. The second-order valence-electron chi connectivity index (χ2n) is 7.28. The van der Waals surface area contributed by atoms with Gasteiger partial charge in [0, 0.05) is 31.0 Å². The molecule has 0 radical (unpaired) electrons. The maximum Gasteiger partial charge on any atom is 0.416 e. The molecule has 1 spiro atoms. The second-order valence-corrected chi connectivity index (χ2v) is 8.73. The van der Waals surface area contributed by atoms with E-state index in [0.29, 0.717) is 32.5 Å². The smallest absolute Gasteiger partial charge is 0.416 e. The van der Waals surface area contributed by atoms with Crippen LogP contribution < -0.4 is 5.32 Å². The molecule has 3 amide bonds. The van der Waals surface area contributed by atoms with Gasteiger partial charge in [-0.2, -0.15) is 13.2 Å². The van der Waals surface area contributed by atoms with Crippen LogP contribution in [0.15, 0.2) is 24.3 Å². The molecule has 0 saturated carbocycles. The van der Waals surface area contributed by atoms with Crippen LogP contribution in [0, 0.1) is 0 Å². The van der Waals surface area contributed by atoms with Gasteiger partial charge >= 0.3 is 18.2 Å². The summed E-state index contributed by atoms with van der Waals surface area (Å²) in [5.74, 6) is -0.0931. The fourth-order valence-corrected chi connectivity index (χ4v) is 5.25. The van der Waals surface area contributed by atoms with Crippen molar-refractivity contribution in [3.05, 3.63) is 35.4 Å². The number of thioether (sulfide) groups is 1. The number of alkyl halides is 3. The van der Waals surface area contributed by atoms with Crippen molar-refractivity contribution in [2.75, 3.05) is 38.5 Å². The average molecular weight is 459 g/mol. The fraction of sp³-hybridized carbons (Fsp3) is 0.550. The highest BCUT2D eigenvalue weighted by molar-refractivity contribution is 8.00. The molecular weight excluding hydrogens is 435 g/mol. The molecular formula is C20H24F3N3O4S. The molecule has 1 aromatic carbocycles. The quantitative estimate of drug-likeness (QED) is 0.701. The second kappa shape index (κ2) is 9.37. The number of rotatable bonds is 4. The van der Waals surface area contributed by atoms with Crippen LogP contribution in [0.2, 0.25) is 0 Å². The van der Waals surface area contributed by atoms with E-state index in [1.165, 1.54) is 12.1 Å². The maximum atomic E-state index is 13.0. The van der Waals surface area contributed by atoms with Gasteiger partial charge in [0.1, 0.15) is 6.54 Å². The summed E-state index contributed by atoms with van der Waals surface area (Å²) in [4.78, 5) is 39.5. The monoisotopic (exact) mass is 459 g/mol. The molecule has 0 bridgehead atoms. The van der Waals surface area contributed by atoms with Crippen LogP contribution in [0.5, 0.6) is 0 Å². The van der Waals surface area contributed by atoms with Gasteiger partial charge in [0.15, 0.2) is 0 Å². The molecule has 0 unspecified atom stereocenters. The Bertz CT molecular complexity index is 824. The summed E-state index contributed by atoms with van der Waals surface area (Å²) in [6.45, 7) is 3.01. The molecule has 1 N–H and O–H groups in total. The van der Waals surface area contributed by atoms with Gasteiger partial charge in [-0.15, -0.1) is 11.8 Å². The number of carbonyl (C=O) groups excluding carboxylic acids is 3. The molecule has 3 rings (SSSR count). The third kappa shape index (κ3) is 5.25. The van der Waals surface area contributed by atoms with E-state index in [2.05, 4.69) is 5.32 Å². The molecule has 0 aliphatic carbocycles. The van der Waals surface area contributed by atoms with Gasteiger partial charge in [0.25, 0.3) is 5.91 Å². The van der Waals surface area contributed by atoms with Crippen molar-refractivity contribution < 1.29 is 32.3 Å². The Kier molecular flexibility index (Phi) is 7.03. The molecule has 7 nitrogen and oxygen atoms in total. The Labute approximate surface area is 182 Å². The van der Waals surface area contributed by atoms with E-state index in [-0.39, 0.29) is 30.7 Å². The number of piperidine rings is 1. The van der Waals surface area contributed by atoms with Crippen LogP contribution >= 0.6 is 11.8 Å². The molecule has 0 aromatic heterocycles. The number of carbonyl (C=O) groups is 3. The number of nitrogens with zero attached hydrogens (tertiary/aromatic N) is 2. The normalized spacial score (nSPS) is 18.2. The summed E-state index contributed by atoms with van der Waals surface area (Å²) >= 11 is 1.64. The summed E-state index contributed by atoms with van der Waals surface area (Å²) in [5.41, 5.74) is -0.582. The molecule has 2 fully saturated rings. The van der Waals surface area contributed by atoms with Gasteiger partial charge in [-0.25, -0.2) is 4.79 Å². The molecule has 2 saturated heterocycles. The summed E-state index contributed by atoms with van der Waals surface area (Å²) in [7, 11) is 0. The maximum absolute atomic E-state index is 13.0. The number of urea groups is 1. The SMILES string of the molecule is CCOC(=O)CNC(=O)N1CCC2(CC1)SCCN2C(=O)c1ccc(C(F)(F)F)cc1. The molecule has 0 atom stereocenters. The predicted molar refractivity (Wildman–Crippen MR) is 109 cm³/mol. The highest BCUT2D eigenvalue weighted by Gasteiger charge is 2.47. The number of esters is 1. The highest BCUT2D eigenvalue weighted by atomic mass is 32.2. The first kappa shape index (κ1) is 23.2. The third-order valence-electron chi connectivity index (χ3n) is 5.40. The molecule has 1 aromatic rings. The lowest BCUT2D eigenvalue weighted by atomic mass is 10.0. The van der Waals surface area contributed by atoms with Gasteiger partial charge in [-0.1, -0.05) is 0 Å². The number of likely N-dealkylation sites (tertiary alicyclic amines) is 1. The van der Waals surface area contributed by atoms with Crippen LogP contribution in [0.3, 0.4) is 0 Å². The lowest BCUT2D eigenvalue weighted by molar-refractivity contribution is -0.142. The molecule has 11 heteroatoms. The van der Waals surface area contributed by atoms with Crippen molar-refractivity contribution in [3.63, 3.8) is 0 Å². The number of nitrogens with one attached hydrogen (secondary N) is 1. The van der Waals surface area contributed by atoms with E-state index in [1.807, 2.05) is 0 Å². The van der Waals surface area contributed by atoms with E-state index < -0.39 is 22.6 Å². The zero-order valence-corrected chi connectivity index (χ0v) is 17.9. The number of ether oxygens (including phenoxy) is 1. The third-order valence-corrected chi connectivity index (χ3v) is 6.96. The molecule has 2 heterocycles. The van der Waals surface area contributed by atoms with Crippen LogP contribution in [0.1, 0.15) is 35.7 Å². The van der Waals surface area contributed by atoms with E-state index in [4.69, 9.17) is 4.74 Å². The Hall–Kier alpha value is -2.43. The predicted octanol–water partition coefficient (Wildman–Crippen LogP) is 2.96. The van der Waals surface area contributed by atoms with Crippen molar-refractivity contribution in [2.45, 2.75) is 30.8 Å². The molecule has 2 aliphatic heterocycles. The van der Waals surface area contributed by atoms with E-state index >= 15 is 0 Å². The topological polar surface area (TPSA) is 79.0 Å². The minimum Gasteiger partial charge on any atom is -0.465 e. The van der Waals surface area contributed by atoms with Gasteiger partial charge in [0.05, 0.1) is 17.0 Å². The number of hydrogen-bond donors (Lipinski definition) is 1. The Morgan fingerprint density at radius 3 is 2.35 bits per heavy atom. The lowest BCUT2D eigenvalue weighted by Gasteiger charge is -2.44. The summed E-state index contributed by atoms with van der Waals surface area (Å²) in [6.07, 6.45) is -3.37. The van der Waals surface area contributed by atoms with Crippen molar-refractivity contribution in [2.24, 2.45) is 0 Å². The number of benzene rings is 1. The molecule has 31 heavy (non-hydrogen) atoms. The van der Waals surface area contributed by atoms with Crippen LogP contribution in [-0.2, 0) is 15.7 Å². The zero-order valence-electron chi connectivity index (χ0n) is 17.0. The standard InChI is InChI=1S/C20H24F3N3O4S/c1-2-30-16(27)13-24-18(29)25-9-7-19(8-10-25)26(11-12-31-19)17(28)14-3-5-15(6-4-14)20(21,22)23/h3-6H,2,7-13H2,1H3,(H,24,29). The first-order valence-electron chi connectivity index (χ1n) is 9.98.